The number of hydrogen-bond acceptors (Lipinski definition) is 6. The van der Waals surface area contributed by atoms with Crippen molar-refractivity contribution in [1.29, 1.82) is 0 Å². The number of alkyl halides is 3. The van der Waals surface area contributed by atoms with Gasteiger partial charge in [-0.1, -0.05) is 6.07 Å². The second kappa shape index (κ2) is 8.19. The molecule has 0 saturated carbocycles. The third-order valence-electron chi connectivity index (χ3n) is 5.09. The molecule has 0 atom stereocenters. The Bertz CT molecular complexity index is 1050. The summed E-state index contributed by atoms with van der Waals surface area (Å²) < 4.78 is 41.1. The van der Waals surface area contributed by atoms with Crippen molar-refractivity contribution in [1.82, 2.24) is 20.2 Å². The lowest BCUT2D eigenvalue weighted by Crippen LogP contribution is -2.46. The quantitative estimate of drug-likeness (QED) is 0.681. The molecule has 1 aliphatic rings. The lowest BCUT2D eigenvalue weighted by molar-refractivity contribution is -0.136. The van der Waals surface area contributed by atoms with Crippen molar-refractivity contribution in [2.24, 2.45) is 0 Å². The molecular weight excluding hydrogens is 415 g/mol. The maximum absolute atomic E-state index is 13.7. The average Bonchev–Trinajstić information content (AvgIpc) is 3.17. The summed E-state index contributed by atoms with van der Waals surface area (Å²) in [6.07, 6.45) is -2.78. The Morgan fingerprint density at radius 2 is 2.00 bits per heavy atom. The molecule has 3 aromatic rings. The monoisotopic (exact) mass is 435 g/mol. The molecule has 0 radical (unpaired) electrons. The van der Waals surface area contributed by atoms with E-state index in [0.29, 0.717) is 32.7 Å². The van der Waals surface area contributed by atoms with E-state index in [1.165, 1.54) is 12.4 Å². The van der Waals surface area contributed by atoms with Crippen LogP contribution >= 0.6 is 11.3 Å². The largest absolute Gasteiger partial charge is 0.417 e. The SMILES string of the molecule is CNC(=O)c1csc2c(C(F)(F)F)cc(N3CCN(Cc4ccccn4)CC3)nc12. The van der Waals surface area contributed by atoms with E-state index in [-0.39, 0.29) is 21.6 Å². The van der Waals surface area contributed by atoms with E-state index in [4.69, 9.17) is 0 Å². The number of piperazine rings is 1. The predicted molar refractivity (Wildman–Crippen MR) is 110 cm³/mol. The second-order valence-corrected chi connectivity index (χ2v) is 7.90. The molecule has 30 heavy (non-hydrogen) atoms. The molecule has 0 aromatic carbocycles. The topological polar surface area (TPSA) is 61.4 Å². The summed E-state index contributed by atoms with van der Waals surface area (Å²) in [6, 6.07) is 6.84. The lowest BCUT2D eigenvalue weighted by atomic mass is 10.1. The summed E-state index contributed by atoms with van der Waals surface area (Å²) in [6.45, 7) is 3.15. The molecule has 6 nitrogen and oxygen atoms in total. The molecule has 0 bridgehead atoms. The van der Waals surface area contributed by atoms with Crippen molar-refractivity contribution >= 4 is 33.3 Å². The van der Waals surface area contributed by atoms with Gasteiger partial charge in [-0.15, -0.1) is 11.3 Å². The van der Waals surface area contributed by atoms with Gasteiger partial charge < -0.3 is 10.2 Å². The van der Waals surface area contributed by atoms with Crippen LogP contribution in [-0.4, -0.2) is 54.0 Å². The molecule has 1 N–H and O–H groups in total. The summed E-state index contributed by atoms with van der Waals surface area (Å²) >= 11 is 0.891. The number of amides is 1. The number of nitrogens with zero attached hydrogens (tertiary/aromatic N) is 4. The number of nitrogens with one attached hydrogen (secondary N) is 1. The number of fused-ring (bicyclic) bond motifs is 1. The van der Waals surface area contributed by atoms with E-state index in [0.717, 1.165) is 23.1 Å². The van der Waals surface area contributed by atoms with Crippen LogP contribution in [0.5, 0.6) is 0 Å². The van der Waals surface area contributed by atoms with E-state index in [9.17, 15) is 18.0 Å². The van der Waals surface area contributed by atoms with Crippen LogP contribution < -0.4 is 10.2 Å². The smallest absolute Gasteiger partial charge is 0.355 e. The van der Waals surface area contributed by atoms with Gasteiger partial charge in [0.15, 0.2) is 0 Å². The molecule has 1 aliphatic heterocycles. The van der Waals surface area contributed by atoms with Crippen LogP contribution in [0.3, 0.4) is 0 Å². The minimum absolute atomic E-state index is 0.0152. The predicted octanol–water partition coefficient (Wildman–Crippen LogP) is 3.39. The van der Waals surface area contributed by atoms with Gasteiger partial charge in [0.1, 0.15) is 5.82 Å². The van der Waals surface area contributed by atoms with Crippen LogP contribution in [0.25, 0.3) is 10.2 Å². The fourth-order valence-corrected chi connectivity index (χ4v) is 4.54. The van der Waals surface area contributed by atoms with Crippen LogP contribution in [0, 0.1) is 0 Å². The normalized spacial score (nSPS) is 15.5. The highest BCUT2D eigenvalue weighted by Gasteiger charge is 2.36. The van der Waals surface area contributed by atoms with Crippen molar-refractivity contribution in [3.8, 4) is 0 Å². The number of pyridine rings is 2. The van der Waals surface area contributed by atoms with Crippen LogP contribution in [-0.2, 0) is 12.7 Å². The lowest BCUT2D eigenvalue weighted by Gasteiger charge is -2.35. The van der Waals surface area contributed by atoms with Gasteiger partial charge >= 0.3 is 6.18 Å². The summed E-state index contributed by atoms with van der Waals surface area (Å²) in [4.78, 5) is 24.9. The van der Waals surface area contributed by atoms with Crippen LogP contribution in [0.4, 0.5) is 19.0 Å². The average molecular weight is 435 g/mol. The van der Waals surface area contributed by atoms with Crippen LogP contribution in [0.15, 0.2) is 35.8 Å². The van der Waals surface area contributed by atoms with Crippen molar-refractivity contribution in [2.75, 3.05) is 38.1 Å². The van der Waals surface area contributed by atoms with Gasteiger partial charge in [0.05, 0.1) is 27.0 Å². The van der Waals surface area contributed by atoms with E-state index < -0.39 is 17.6 Å². The van der Waals surface area contributed by atoms with E-state index in [1.807, 2.05) is 23.1 Å². The summed E-state index contributed by atoms with van der Waals surface area (Å²) in [5.41, 5.74) is 0.468. The first-order chi connectivity index (χ1) is 14.4. The molecule has 10 heteroatoms. The van der Waals surface area contributed by atoms with Crippen molar-refractivity contribution in [2.45, 2.75) is 12.7 Å². The molecule has 0 spiro atoms. The zero-order valence-corrected chi connectivity index (χ0v) is 17.1. The first-order valence-electron chi connectivity index (χ1n) is 9.45. The summed E-state index contributed by atoms with van der Waals surface area (Å²) in [7, 11) is 1.45. The number of hydrogen-bond donors (Lipinski definition) is 1. The first kappa shape index (κ1) is 20.5. The van der Waals surface area contributed by atoms with Gasteiger partial charge in [0.2, 0.25) is 0 Å². The third-order valence-corrected chi connectivity index (χ3v) is 6.10. The van der Waals surface area contributed by atoms with E-state index >= 15 is 0 Å². The highest BCUT2D eigenvalue weighted by molar-refractivity contribution is 7.17. The van der Waals surface area contributed by atoms with Gasteiger partial charge in [-0.25, -0.2) is 4.98 Å². The maximum atomic E-state index is 13.7. The molecular formula is C20H20F3N5OS. The molecule has 0 aliphatic carbocycles. The number of rotatable bonds is 4. The fraction of sp³-hybridized carbons (Fsp3) is 0.350. The van der Waals surface area contributed by atoms with E-state index in [1.54, 1.807) is 6.20 Å². The molecule has 1 fully saturated rings. The molecule has 1 amide bonds. The molecule has 4 rings (SSSR count). The fourth-order valence-electron chi connectivity index (χ4n) is 3.52. The Balaban J connectivity index is 1.60. The Kier molecular flexibility index (Phi) is 5.61. The van der Waals surface area contributed by atoms with Crippen molar-refractivity contribution in [3.63, 3.8) is 0 Å². The molecule has 0 unspecified atom stereocenters. The zero-order chi connectivity index (χ0) is 21.3. The zero-order valence-electron chi connectivity index (χ0n) is 16.2. The molecule has 4 heterocycles. The Morgan fingerprint density at radius 1 is 1.23 bits per heavy atom. The molecule has 158 valence electrons. The van der Waals surface area contributed by atoms with Crippen molar-refractivity contribution in [3.05, 3.63) is 52.7 Å². The minimum Gasteiger partial charge on any atom is -0.355 e. The first-order valence-corrected chi connectivity index (χ1v) is 10.3. The number of carbonyl (C=O) groups excluding carboxylic acids is 1. The Hall–Kier alpha value is -2.72. The summed E-state index contributed by atoms with van der Waals surface area (Å²) in [5, 5.41) is 3.90. The van der Waals surface area contributed by atoms with Crippen LogP contribution in [0.2, 0.25) is 0 Å². The number of anilines is 1. The van der Waals surface area contributed by atoms with Gasteiger partial charge in [0, 0.05) is 51.3 Å². The number of carbonyl (C=O) groups is 1. The van der Waals surface area contributed by atoms with Gasteiger partial charge in [0.25, 0.3) is 5.91 Å². The van der Waals surface area contributed by atoms with Gasteiger partial charge in [-0.3, -0.25) is 14.7 Å². The highest BCUT2D eigenvalue weighted by atomic mass is 32.1. The Labute approximate surface area is 175 Å². The molecule has 3 aromatic heterocycles. The number of halogens is 3. The van der Waals surface area contributed by atoms with Gasteiger partial charge in [-0.2, -0.15) is 13.2 Å². The van der Waals surface area contributed by atoms with Crippen LogP contribution in [0.1, 0.15) is 21.6 Å². The maximum Gasteiger partial charge on any atom is 0.417 e. The standard InChI is InChI=1S/C20H20F3N5OS/c1-24-19(29)14-12-30-18-15(20(21,22)23)10-16(26-17(14)18)28-8-6-27(7-9-28)11-13-4-2-3-5-25-13/h2-5,10,12H,6-9,11H2,1H3,(H,24,29). The van der Waals surface area contributed by atoms with E-state index in [2.05, 4.69) is 20.2 Å². The third kappa shape index (κ3) is 4.10. The van der Waals surface area contributed by atoms with Gasteiger partial charge in [-0.05, 0) is 18.2 Å². The Morgan fingerprint density at radius 3 is 2.63 bits per heavy atom. The summed E-state index contributed by atoms with van der Waals surface area (Å²) in [5.74, 6) is -0.199. The number of thiophene rings is 1. The highest BCUT2D eigenvalue weighted by Crippen LogP contribution is 2.40. The molecule has 1 saturated heterocycles. The second-order valence-electron chi connectivity index (χ2n) is 7.02. The minimum atomic E-state index is -4.53. The van der Waals surface area contributed by atoms with Crippen molar-refractivity contribution < 1.29 is 18.0 Å². The number of aromatic nitrogens is 2.